The van der Waals surface area contributed by atoms with Crippen molar-refractivity contribution in [1.29, 1.82) is 0 Å². The first kappa shape index (κ1) is 21.6. The lowest BCUT2D eigenvalue weighted by Crippen LogP contribution is -2.46. The molecule has 0 radical (unpaired) electrons. The summed E-state index contributed by atoms with van der Waals surface area (Å²) in [5, 5.41) is 8.76. The smallest absolute Gasteiger partial charge is 0.192 e. The van der Waals surface area contributed by atoms with E-state index in [1.54, 1.807) is 17.4 Å². The molecule has 1 aromatic carbocycles. The summed E-state index contributed by atoms with van der Waals surface area (Å²) in [5.74, 6) is 0.584. The van der Waals surface area contributed by atoms with Crippen molar-refractivity contribution in [2.45, 2.75) is 33.4 Å². The highest BCUT2D eigenvalue weighted by atomic mass is 32.1. The highest BCUT2D eigenvalue weighted by molar-refractivity contribution is 7.10. The van der Waals surface area contributed by atoms with Crippen LogP contribution in [0, 0.1) is 5.82 Å². The molecule has 1 aliphatic heterocycles. The lowest BCUT2D eigenvalue weighted by atomic mass is 10.1. The van der Waals surface area contributed by atoms with Gasteiger partial charge in [0.15, 0.2) is 5.96 Å². The van der Waals surface area contributed by atoms with Gasteiger partial charge in [0.05, 0.1) is 18.3 Å². The Morgan fingerprint density at radius 2 is 2.00 bits per heavy atom. The van der Waals surface area contributed by atoms with Crippen LogP contribution in [-0.4, -0.2) is 50.1 Å². The third kappa shape index (κ3) is 5.93. The predicted molar refractivity (Wildman–Crippen MR) is 121 cm³/mol. The van der Waals surface area contributed by atoms with E-state index >= 15 is 0 Å². The van der Waals surface area contributed by atoms with E-state index in [1.807, 2.05) is 19.1 Å². The van der Waals surface area contributed by atoms with E-state index < -0.39 is 0 Å². The van der Waals surface area contributed by atoms with Crippen LogP contribution in [0.1, 0.15) is 37.3 Å². The first-order valence-electron chi connectivity index (χ1n) is 10.4. The van der Waals surface area contributed by atoms with E-state index in [0.29, 0.717) is 12.2 Å². The quantitative estimate of drug-likeness (QED) is 0.531. The molecule has 29 heavy (non-hydrogen) atoms. The lowest BCUT2D eigenvalue weighted by molar-refractivity contribution is 0.270. The Hall–Kier alpha value is -2.12. The third-order valence-corrected chi connectivity index (χ3v) is 6.31. The number of thiophene rings is 1. The average Bonchev–Trinajstić information content (AvgIpc) is 3.27. The van der Waals surface area contributed by atoms with E-state index in [2.05, 4.69) is 56.8 Å². The summed E-state index contributed by atoms with van der Waals surface area (Å²) in [6.07, 6.45) is 0. The van der Waals surface area contributed by atoms with E-state index in [-0.39, 0.29) is 11.9 Å². The van der Waals surface area contributed by atoms with Gasteiger partial charge in [0, 0.05) is 37.6 Å². The van der Waals surface area contributed by atoms with Gasteiger partial charge in [-0.2, -0.15) is 0 Å². The number of piperazine rings is 1. The van der Waals surface area contributed by atoms with E-state index in [9.17, 15) is 4.39 Å². The molecule has 1 unspecified atom stereocenters. The number of likely N-dealkylation sites (N-methyl/N-ethyl adjacent to an activating group) is 1. The number of halogens is 1. The second-order valence-electron chi connectivity index (χ2n) is 7.28. The Morgan fingerprint density at radius 1 is 1.21 bits per heavy atom. The van der Waals surface area contributed by atoms with Crippen molar-refractivity contribution in [1.82, 2.24) is 15.5 Å². The molecule has 1 saturated heterocycles. The summed E-state index contributed by atoms with van der Waals surface area (Å²) in [6.45, 7) is 12.3. The van der Waals surface area contributed by atoms with Gasteiger partial charge in [0.2, 0.25) is 0 Å². The molecule has 0 amide bonds. The van der Waals surface area contributed by atoms with Crippen LogP contribution in [0.2, 0.25) is 0 Å². The molecule has 1 fully saturated rings. The highest BCUT2D eigenvalue weighted by Gasteiger charge is 2.18. The van der Waals surface area contributed by atoms with Crippen LogP contribution in [0.3, 0.4) is 0 Å². The lowest BCUT2D eigenvalue weighted by Gasteiger charge is -2.35. The fourth-order valence-corrected chi connectivity index (χ4v) is 4.25. The van der Waals surface area contributed by atoms with Crippen LogP contribution in [0.4, 0.5) is 10.1 Å². The molecule has 1 aliphatic rings. The minimum absolute atomic E-state index is 0.160. The summed E-state index contributed by atoms with van der Waals surface area (Å²) in [5.41, 5.74) is 1.57. The van der Waals surface area contributed by atoms with Gasteiger partial charge in [-0.3, -0.25) is 0 Å². The zero-order valence-corrected chi connectivity index (χ0v) is 18.4. The van der Waals surface area contributed by atoms with Crippen LogP contribution in [0.25, 0.3) is 0 Å². The molecule has 1 aromatic heterocycles. The number of rotatable bonds is 7. The molecular weight excluding hydrogens is 385 g/mol. The minimum Gasteiger partial charge on any atom is -0.367 e. The number of nitrogens with zero attached hydrogens (tertiary/aromatic N) is 3. The zero-order chi connectivity index (χ0) is 20.6. The summed E-state index contributed by atoms with van der Waals surface area (Å²) < 4.78 is 14.7. The molecular formula is C22H32FN5S. The van der Waals surface area contributed by atoms with Crippen LogP contribution in [0.5, 0.6) is 0 Å². The standard InChI is InChI=1S/C22H32FN5S/c1-4-24-22(26-17(3)21-7-6-14-29-21)25-16-18-8-9-20(19(23)15-18)28-12-10-27(5-2)11-13-28/h6-9,14-15,17H,4-5,10-13,16H2,1-3H3,(H2,24,25,26). The second kappa shape index (κ2) is 10.6. The molecule has 7 heteroatoms. The van der Waals surface area contributed by atoms with Gasteiger partial charge in [-0.15, -0.1) is 11.3 Å². The number of anilines is 1. The van der Waals surface area contributed by atoms with Crippen molar-refractivity contribution in [2.75, 3.05) is 44.2 Å². The molecule has 2 N–H and O–H groups in total. The van der Waals surface area contributed by atoms with E-state index in [0.717, 1.165) is 50.8 Å². The van der Waals surface area contributed by atoms with Gasteiger partial charge in [0.1, 0.15) is 5.82 Å². The van der Waals surface area contributed by atoms with Crippen LogP contribution >= 0.6 is 11.3 Å². The van der Waals surface area contributed by atoms with Crippen LogP contribution in [0.15, 0.2) is 40.7 Å². The van der Waals surface area contributed by atoms with Crippen LogP contribution < -0.4 is 15.5 Å². The molecule has 0 bridgehead atoms. The molecule has 0 spiro atoms. The van der Waals surface area contributed by atoms with E-state index in [4.69, 9.17) is 0 Å². The van der Waals surface area contributed by atoms with Crippen molar-refractivity contribution in [3.63, 3.8) is 0 Å². The summed E-state index contributed by atoms with van der Waals surface area (Å²) >= 11 is 1.72. The zero-order valence-electron chi connectivity index (χ0n) is 17.6. The fraction of sp³-hybridized carbons (Fsp3) is 0.500. The van der Waals surface area contributed by atoms with Crippen LogP contribution in [-0.2, 0) is 6.54 Å². The Labute approximate surface area is 177 Å². The number of aliphatic imine (C=N–C) groups is 1. The van der Waals surface area contributed by atoms with Gasteiger partial charge in [-0.25, -0.2) is 9.38 Å². The van der Waals surface area contributed by atoms with Crippen molar-refractivity contribution >= 4 is 23.0 Å². The molecule has 5 nitrogen and oxygen atoms in total. The summed E-state index contributed by atoms with van der Waals surface area (Å²) in [6, 6.07) is 9.84. The minimum atomic E-state index is -0.160. The monoisotopic (exact) mass is 417 g/mol. The Morgan fingerprint density at radius 3 is 2.62 bits per heavy atom. The topological polar surface area (TPSA) is 42.9 Å². The average molecular weight is 418 g/mol. The van der Waals surface area contributed by atoms with E-state index in [1.165, 1.54) is 4.88 Å². The van der Waals surface area contributed by atoms with Gasteiger partial charge < -0.3 is 20.4 Å². The molecule has 1 atom stereocenters. The number of nitrogens with one attached hydrogen (secondary N) is 2. The van der Waals surface area contributed by atoms with Gasteiger partial charge >= 0.3 is 0 Å². The highest BCUT2D eigenvalue weighted by Crippen LogP contribution is 2.22. The molecule has 158 valence electrons. The maximum Gasteiger partial charge on any atom is 0.192 e. The third-order valence-electron chi connectivity index (χ3n) is 5.26. The number of guanidine groups is 1. The predicted octanol–water partition coefficient (Wildman–Crippen LogP) is 3.85. The SMILES string of the molecule is CCNC(=NCc1ccc(N2CCN(CC)CC2)c(F)c1)NC(C)c1cccs1. The molecule has 0 saturated carbocycles. The largest absolute Gasteiger partial charge is 0.367 e. The number of hydrogen-bond acceptors (Lipinski definition) is 4. The molecule has 2 aromatic rings. The summed E-state index contributed by atoms with van der Waals surface area (Å²) in [4.78, 5) is 10.4. The van der Waals surface area contributed by atoms with Crippen molar-refractivity contribution in [3.05, 3.63) is 52.0 Å². The maximum atomic E-state index is 14.7. The van der Waals surface area contributed by atoms with Crippen molar-refractivity contribution in [3.8, 4) is 0 Å². The molecule has 2 heterocycles. The van der Waals surface area contributed by atoms with Gasteiger partial charge in [0.25, 0.3) is 0 Å². The summed E-state index contributed by atoms with van der Waals surface area (Å²) in [7, 11) is 0. The van der Waals surface area contributed by atoms with Crippen molar-refractivity contribution in [2.24, 2.45) is 4.99 Å². The normalized spacial score (nSPS) is 16.7. The Balaban J connectivity index is 1.63. The molecule has 0 aliphatic carbocycles. The second-order valence-corrected chi connectivity index (χ2v) is 8.26. The Kier molecular flexibility index (Phi) is 7.89. The van der Waals surface area contributed by atoms with Gasteiger partial charge in [-0.05, 0) is 49.5 Å². The first-order chi connectivity index (χ1) is 14.1. The molecule has 3 rings (SSSR count). The van der Waals surface area contributed by atoms with Crippen molar-refractivity contribution < 1.29 is 4.39 Å². The maximum absolute atomic E-state index is 14.7. The fourth-order valence-electron chi connectivity index (χ4n) is 3.51. The first-order valence-corrected chi connectivity index (χ1v) is 11.3. The number of hydrogen-bond donors (Lipinski definition) is 2. The van der Waals surface area contributed by atoms with Gasteiger partial charge in [-0.1, -0.05) is 19.1 Å². The Bertz CT molecular complexity index is 785. The number of benzene rings is 1.